The third kappa shape index (κ3) is 5.58. The highest BCUT2D eigenvalue weighted by Gasteiger charge is 2.12. The maximum atomic E-state index is 12.4. The Hall–Kier alpha value is 1.14. The topological polar surface area (TPSA) is 0 Å². The standard InChI is InChI=1S/C5H13FP2S/c1-4(8(6)7)3-5(2)9/h4-5,9H,3,7H2,1-2H3/t4?,5-,8?/m1/s1. The minimum atomic E-state index is -1.33. The molecule has 0 bridgehead atoms. The molecule has 9 heavy (non-hydrogen) atoms. The molecular formula is C5H13FP2S. The maximum Gasteiger partial charge on any atom is 0.101 e. The van der Waals surface area contributed by atoms with E-state index in [1.165, 1.54) is 0 Å². The molecule has 3 unspecified atom stereocenters. The van der Waals surface area contributed by atoms with Crippen LogP contribution in [0.4, 0.5) is 4.20 Å². The summed E-state index contributed by atoms with van der Waals surface area (Å²) in [4.78, 5) is 0. The normalized spacial score (nSPS) is 21.0. The van der Waals surface area contributed by atoms with E-state index < -0.39 is 7.92 Å². The highest BCUT2D eigenvalue weighted by atomic mass is 32.1. The number of rotatable bonds is 3. The molecule has 0 rings (SSSR count). The fourth-order valence-electron chi connectivity index (χ4n) is 0.594. The van der Waals surface area contributed by atoms with Crippen LogP contribution in [0.25, 0.3) is 0 Å². The number of thiol groups is 1. The van der Waals surface area contributed by atoms with E-state index in [1.807, 2.05) is 13.8 Å². The number of halogens is 1. The largest absolute Gasteiger partial charge is 0.222 e. The summed E-state index contributed by atoms with van der Waals surface area (Å²) in [6.07, 6.45) is 0.870. The molecule has 0 N–H and O–H groups in total. The third-order valence-electron chi connectivity index (χ3n) is 1.10. The molecule has 0 aliphatic rings. The van der Waals surface area contributed by atoms with Gasteiger partial charge in [0.15, 0.2) is 0 Å². The molecule has 4 heteroatoms. The molecule has 0 spiro atoms. The van der Waals surface area contributed by atoms with E-state index in [0.717, 1.165) is 6.42 Å². The van der Waals surface area contributed by atoms with Gasteiger partial charge in [-0.05, 0) is 11.7 Å². The van der Waals surface area contributed by atoms with Crippen molar-refractivity contribution in [1.82, 2.24) is 0 Å². The predicted molar refractivity (Wildman–Crippen MR) is 50.3 cm³/mol. The molecule has 0 aliphatic carbocycles. The summed E-state index contributed by atoms with van der Waals surface area (Å²) in [7, 11) is 0.901. The van der Waals surface area contributed by atoms with Crippen molar-refractivity contribution < 1.29 is 4.20 Å². The first kappa shape index (κ1) is 10.1. The summed E-state index contributed by atoms with van der Waals surface area (Å²) in [6.45, 7) is 3.91. The van der Waals surface area contributed by atoms with E-state index in [1.54, 1.807) is 0 Å². The van der Waals surface area contributed by atoms with Gasteiger partial charge in [0.05, 0.1) is 0 Å². The summed E-state index contributed by atoms with van der Waals surface area (Å²) in [6, 6.07) is 0. The van der Waals surface area contributed by atoms with Crippen molar-refractivity contribution >= 4 is 29.5 Å². The Morgan fingerprint density at radius 2 is 2.11 bits per heavy atom. The maximum absolute atomic E-state index is 12.4. The van der Waals surface area contributed by atoms with Gasteiger partial charge in [-0.15, -0.1) is 0 Å². The third-order valence-corrected chi connectivity index (χ3v) is 3.89. The van der Waals surface area contributed by atoms with E-state index in [4.69, 9.17) is 0 Å². The number of hydrogen-bond donors (Lipinski definition) is 1. The monoisotopic (exact) mass is 186 g/mol. The van der Waals surface area contributed by atoms with Crippen LogP contribution in [0.5, 0.6) is 0 Å². The van der Waals surface area contributed by atoms with Crippen LogP contribution in [0, 0.1) is 0 Å². The van der Waals surface area contributed by atoms with Crippen LogP contribution in [0.3, 0.4) is 0 Å². The second-order valence-corrected chi connectivity index (χ2v) is 6.21. The van der Waals surface area contributed by atoms with Crippen LogP contribution in [0.2, 0.25) is 0 Å². The van der Waals surface area contributed by atoms with Gasteiger partial charge in [-0.3, -0.25) is 0 Å². The molecule has 0 radical (unpaired) electrons. The molecular weight excluding hydrogens is 173 g/mol. The molecule has 0 saturated heterocycles. The fourth-order valence-corrected chi connectivity index (χ4v) is 1.96. The van der Waals surface area contributed by atoms with Crippen molar-refractivity contribution in [3.8, 4) is 0 Å². The van der Waals surface area contributed by atoms with Crippen molar-refractivity contribution in [3.63, 3.8) is 0 Å². The van der Waals surface area contributed by atoms with E-state index in [-0.39, 0.29) is 5.66 Å². The minimum Gasteiger partial charge on any atom is -0.222 e. The van der Waals surface area contributed by atoms with E-state index in [9.17, 15) is 4.20 Å². The first-order valence-corrected chi connectivity index (χ1v) is 6.35. The molecule has 56 valence electrons. The van der Waals surface area contributed by atoms with Gasteiger partial charge in [0.2, 0.25) is 0 Å². The summed E-state index contributed by atoms with van der Waals surface area (Å²) in [5, 5.41) is 0.321. The van der Waals surface area contributed by atoms with Crippen LogP contribution < -0.4 is 0 Å². The first-order valence-electron chi connectivity index (χ1n) is 2.91. The lowest BCUT2D eigenvalue weighted by atomic mass is 10.3. The van der Waals surface area contributed by atoms with Gasteiger partial charge in [0.1, 0.15) is 7.92 Å². The Morgan fingerprint density at radius 1 is 1.67 bits per heavy atom. The molecule has 0 fully saturated rings. The molecule has 4 atom stereocenters. The number of hydrogen-bond acceptors (Lipinski definition) is 1. The molecule has 0 aromatic carbocycles. The first-order chi connectivity index (χ1) is 4.04. The Bertz CT molecular complexity index is 77.4. The SMILES string of the molecule is CC(C[C@@H](C)S)P(F)P. The molecule has 0 saturated carbocycles. The molecule has 0 heterocycles. The van der Waals surface area contributed by atoms with Crippen molar-refractivity contribution in [3.05, 3.63) is 0 Å². The summed E-state index contributed by atoms with van der Waals surface area (Å²) in [5.74, 6) is 0. The summed E-state index contributed by atoms with van der Waals surface area (Å²) in [5.41, 5.74) is 0.178. The lowest BCUT2D eigenvalue weighted by Crippen LogP contribution is -2.02. The average Bonchev–Trinajstić information content (AvgIpc) is 1.63. The fraction of sp³-hybridized carbons (Fsp3) is 1.00. The van der Waals surface area contributed by atoms with Crippen LogP contribution in [0.15, 0.2) is 0 Å². The van der Waals surface area contributed by atoms with E-state index in [2.05, 4.69) is 21.6 Å². The van der Waals surface area contributed by atoms with Crippen LogP contribution in [-0.4, -0.2) is 10.9 Å². The van der Waals surface area contributed by atoms with Crippen LogP contribution in [0.1, 0.15) is 20.3 Å². The van der Waals surface area contributed by atoms with Gasteiger partial charge >= 0.3 is 0 Å². The second kappa shape index (κ2) is 4.88. The zero-order valence-corrected chi connectivity index (χ0v) is 8.66. The van der Waals surface area contributed by atoms with Crippen molar-refractivity contribution in [2.24, 2.45) is 0 Å². The highest BCUT2D eigenvalue weighted by Crippen LogP contribution is 2.52. The smallest absolute Gasteiger partial charge is 0.101 e. The summed E-state index contributed by atoms with van der Waals surface area (Å²) >= 11 is 4.17. The van der Waals surface area contributed by atoms with Crippen molar-refractivity contribution in [2.75, 3.05) is 0 Å². The molecule has 0 aromatic heterocycles. The molecule has 0 aliphatic heterocycles. The second-order valence-electron chi connectivity index (χ2n) is 2.28. The van der Waals surface area contributed by atoms with Crippen LogP contribution >= 0.6 is 29.5 Å². The van der Waals surface area contributed by atoms with E-state index >= 15 is 0 Å². The zero-order chi connectivity index (χ0) is 7.44. The van der Waals surface area contributed by atoms with Gasteiger partial charge in [-0.1, -0.05) is 22.8 Å². The predicted octanol–water partition coefficient (Wildman–Crippen LogP) is 3.24. The van der Waals surface area contributed by atoms with Gasteiger partial charge in [0.25, 0.3) is 0 Å². The Labute approximate surface area is 65.4 Å². The quantitative estimate of drug-likeness (QED) is 0.507. The van der Waals surface area contributed by atoms with Crippen molar-refractivity contribution in [2.45, 2.75) is 31.2 Å². The van der Waals surface area contributed by atoms with Crippen molar-refractivity contribution in [1.29, 1.82) is 0 Å². The van der Waals surface area contributed by atoms with Gasteiger partial charge in [-0.25, -0.2) is 4.20 Å². The Balaban J connectivity index is 3.38. The lowest BCUT2D eigenvalue weighted by Gasteiger charge is -2.12. The molecule has 0 amide bonds. The Kier molecular flexibility index (Phi) is 5.50. The lowest BCUT2D eigenvalue weighted by molar-refractivity contribution is 0.765. The van der Waals surface area contributed by atoms with Gasteiger partial charge in [-0.2, -0.15) is 12.6 Å². The highest BCUT2D eigenvalue weighted by molar-refractivity contribution is 8.11. The van der Waals surface area contributed by atoms with Gasteiger partial charge in [0, 0.05) is 5.66 Å². The average molecular weight is 186 g/mol. The minimum absolute atomic E-state index is 0.178. The Morgan fingerprint density at radius 3 is 2.22 bits per heavy atom. The summed E-state index contributed by atoms with van der Waals surface area (Å²) < 4.78 is 12.4. The van der Waals surface area contributed by atoms with Crippen LogP contribution in [-0.2, 0) is 0 Å². The molecule has 0 aromatic rings. The van der Waals surface area contributed by atoms with Gasteiger partial charge < -0.3 is 0 Å². The van der Waals surface area contributed by atoms with E-state index in [0.29, 0.717) is 5.25 Å². The zero-order valence-electron chi connectivity index (χ0n) is 5.71. The molecule has 0 nitrogen and oxygen atoms in total.